The van der Waals surface area contributed by atoms with Crippen molar-refractivity contribution in [1.29, 1.82) is 5.26 Å². The predicted octanol–water partition coefficient (Wildman–Crippen LogP) is 1.91. The molecule has 1 fully saturated rings. The Balaban J connectivity index is 1.56. The number of piperazine rings is 1. The van der Waals surface area contributed by atoms with E-state index in [1.165, 1.54) is 16.4 Å². The molecular weight excluding hydrogens is 440 g/mol. The number of nitriles is 1. The van der Waals surface area contributed by atoms with Crippen LogP contribution in [0, 0.1) is 11.3 Å². The van der Waals surface area contributed by atoms with Crippen LogP contribution in [0.25, 0.3) is 11.5 Å². The van der Waals surface area contributed by atoms with Gasteiger partial charge in [-0.2, -0.15) is 18.9 Å². The minimum Gasteiger partial charge on any atom is -0.422 e. The van der Waals surface area contributed by atoms with E-state index in [2.05, 4.69) is 4.98 Å². The lowest BCUT2D eigenvalue weighted by molar-refractivity contribution is 0.268. The van der Waals surface area contributed by atoms with E-state index in [0.29, 0.717) is 5.56 Å². The zero-order chi connectivity index (χ0) is 22.1. The fourth-order valence-electron chi connectivity index (χ4n) is 3.27. The molecule has 0 unspecified atom stereocenters. The highest BCUT2D eigenvalue weighted by Crippen LogP contribution is 2.28. The van der Waals surface area contributed by atoms with Crippen molar-refractivity contribution in [3.05, 3.63) is 66.4 Å². The second-order valence-electron chi connectivity index (χ2n) is 6.75. The summed E-state index contributed by atoms with van der Waals surface area (Å²) in [5.41, 5.74) is 0.206. The van der Waals surface area contributed by atoms with Crippen molar-refractivity contribution in [2.45, 2.75) is 9.99 Å². The van der Waals surface area contributed by atoms with Gasteiger partial charge < -0.3 is 4.42 Å². The SMILES string of the molecule is N#Cc1nc(-c2ccccc2)oc1S(=O)(=O)N1CCN(S(=O)(=O)c2ccccc2)CC1. The third-order valence-electron chi connectivity index (χ3n) is 4.88. The van der Waals surface area contributed by atoms with Crippen molar-refractivity contribution in [3.63, 3.8) is 0 Å². The number of hydrogen-bond donors (Lipinski definition) is 0. The second-order valence-corrected chi connectivity index (χ2v) is 10.5. The highest BCUT2D eigenvalue weighted by Gasteiger charge is 2.37. The average molecular weight is 459 g/mol. The van der Waals surface area contributed by atoms with Gasteiger partial charge in [0.05, 0.1) is 4.90 Å². The van der Waals surface area contributed by atoms with Crippen molar-refractivity contribution in [2.75, 3.05) is 26.2 Å². The van der Waals surface area contributed by atoms with Crippen LogP contribution in [0.3, 0.4) is 0 Å². The fraction of sp³-hybridized carbons (Fsp3) is 0.200. The molecule has 9 nitrogen and oxygen atoms in total. The van der Waals surface area contributed by atoms with E-state index in [4.69, 9.17) is 4.42 Å². The monoisotopic (exact) mass is 458 g/mol. The Labute approximate surface area is 180 Å². The molecule has 0 amide bonds. The van der Waals surface area contributed by atoms with E-state index < -0.39 is 25.1 Å². The molecule has 1 aliphatic rings. The molecule has 1 aromatic heterocycles. The molecule has 4 rings (SSSR count). The fourth-order valence-corrected chi connectivity index (χ4v) is 6.11. The van der Waals surface area contributed by atoms with Gasteiger partial charge in [0.1, 0.15) is 6.07 Å². The Bertz CT molecular complexity index is 1320. The average Bonchev–Trinajstić information content (AvgIpc) is 3.26. The molecule has 2 heterocycles. The van der Waals surface area contributed by atoms with Crippen molar-refractivity contribution < 1.29 is 21.3 Å². The van der Waals surface area contributed by atoms with Gasteiger partial charge in [-0.25, -0.2) is 16.8 Å². The molecule has 0 N–H and O–H groups in total. The maximum Gasteiger partial charge on any atom is 0.279 e. The van der Waals surface area contributed by atoms with Gasteiger partial charge in [0, 0.05) is 31.7 Å². The van der Waals surface area contributed by atoms with Crippen LogP contribution in [-0.2, 0) is 20.0 Å². The molecule has 2 aromatic carbocycles. The molecule has 0 bridgehead atoms. The van der Waals surface area contributed by atoms with Gasteiger partial charge in [0.2, 0.25) is 15.9 Å². The lowest BCUT2D eigenvalue weighted by atomic mass is 10.2. The largest absolute Gasteiger partial charge is 0.422 e. The summed E-state index contributed by atoms with van der Waals surface area (Å²) in [6.07, 6.45) is 0. The molecule has 0 radical (unpaired) electrons. The first-order chi connectivity index (χ1) is 14.8. The van der Waals surface area contributed by atoms with E-state index in [0.717, 1.165) is 4.31 Å². The highest BCUT2D eigenvalue weighted by atomic mass is 32.2. The van der Waals surface area contributed by atoms with E-state index in [1.54, 1.807) is 54.6 Å². The summed E-state index contributed by atoms with van der Waals surface area (Å²) in [7, 11) is -7.88. The standard InChI is InChI=1S/C20H18N4O5S2/c21-15-18-20(29-19(22-18)16-7-3-1-4-8-16)31(27,28)24-13-11-23(12-14-24)30(25,26)17-9-5-2-6-10-17/h1-10H,11-14H2. The van der Waals surface area contributed by atoms with Gasteiger partial charge in [-0.3, -0.25) is 0 Å². The van der Waals surface area contributed by atoms with Crippen LogP contribution >= 0.6 is 0 Å². The van der Waals surface area contributed by atoms with Crippen molar-refractivity contribution in [2.24, 2.45) is 0 Å². The molecule has 160 valence electrons. The first kappa shape index (κ1) is 21.2. The number of oxazole rings is 1. The summed E-state index contributed by atoms with van der Waals surface area (Å²) < 4.78 is 59.6. The Morgan fingerprint density at radius 1 is 0.806 bits per heavy atom. The van der Waals surface area contributed by atoms with Crippen molar-refractivity contribution in [1.82, 2.24) is 13.6 Å². The van der Waals surface area contributed by atoms with E-state index >= 15 is 0 Å². The van der Waals surface area contributed by atoms with E-state index in [9.17, 15) is 22.1 Å². The Hall–Kier alpha value is -3.04. The van der Waals surface area contributed by atoms with Gasteiger partial charge in [0.15, 0.2) is 5.69 Å². The maximum atomic E-state index is 13.1. The van der Waals surface area contributed by atoms with Crippen LogP contribution in [0.5, 0.6) is 0 Å². The lowest BCUT2D eigenvalue weighted by Crippen LogP contribution is -2.50. The molecule has 31 heavy (non-hydrogen) atoms. The summed E-state index contributed by atoms with van der Waals surface area (Å²) in [5, 5.41) is 8.84. The topological polar surface area (TPSA) is 125 Å². The summed E-state index contributed by atoms with van der Waals surface area (Å²) in [4.78, 5) is 4.17. The molecule has 1 aliphatic heterocycles. The minimum absolute atomic E-state index is 0.0158. The van der Waals surface area contributed by atoms with Crippen molar-refractivity contribution in [3.8, 4) is 17.5 Å². The van der Waals surface area contributed by atoms with Gasteiger partial charge >= 0.3 is 0 Å². The Morgan fingerprint density at radius 2 is 1.32 bits per heavy atom. The van der Waals surface area contributed by atoms with Gasteiger partial charge in [-0.05, 0) is 24.3 Å². The Kier molecular flexibility index (Phi) is 5.63. The van der Waals surface area contributed by atoms with E-state index in [1.807, 2.05) is 0 Å². The smallest absolute Gasteiger partial charge is 0.279 e. The third kappa shape index (κ3) is 3.98. The molecule has 11 heteroatoms. The molecule has 0 atom stereocenters. The number of benzene rings is 2. The molecule has 3 aromatic rings. The summed E-state index contributed by atoms with van der Waals surface area (Å²) >= 11 is 0. The molecule has 0 saturated carbocycles. The van der Waals surface area contributed by atoms with Gasteiger partial charge in [-0.15, -0.1) is 0 Å². The first-order valence-electron chi connectivity index (χ1n) is 9.36. The third-order valence-corrected chi connectivity index (χ3v) is 8.58. The van der Waals surface area contributed by atoms with Crippen LogP contribution in [0.1, 0.15) is 5.69 Å². The summed E-state index contributed by atoms with van der Waals surface area (Å²) in [6.45, 7) is -0.169. The van der Waals surface area contributed by atoms with Crippen LogP contribution in [0.2, 0.25) is 0 Å². The number of sulfonamides is 2. The van der Waals surface area contributed by atoms with Crippen LogP contribution in [0.4, 0.5) is 0 Å². The zero-order valence-corrected chi connectivity index (χ0v) is 17.9. The normalized spacial score (nSPS) is 16.1. The highest BCUT2D eigenvalue weighted by molar-refractivity contribution is 7.89. The van der Waals surface area contributed by atoms with Crippen LogP contribution < -0.4 is 0 Å². The number of hydrogen-bond acceptors (Lipinski definition) is 7. The quantitative estimate of drug-likeness (QED) is 0.572. The van der Waals surface area contributed by atoms with E-state index in [-0.39, 0.29) is 42.7 Å². The molecule has 0 aliphatic carbocycles. The predicted molar refractivity (Wildman–Crippen MR) is 111 cm³/mol. The number of rotatable bonds is 5. The summed E-state index contributed by atoms with van der Waals surface area (Å²) in [6, 6.07) is 18.4. The summed E-state index contributed by atoms with van der Waals surface area (Å²) in [5.74, 6) is 0.0287. The van der Waals surface area contributed by atoms with Gasteiger partial charge in [0.25, 0.3) is 15.1 Å². The van der Waals surface area contributed by atoms with Gasteiger partial charge in [-0.1, -0.05) is 36.4 Å². The second kappa shape index (κ2) is 8.24. The maximum absolute atomic E-state index is 13.1. The minimum atomic E-state index is -4.17. The number of nitrogens with zero attached hydrogens (tertiary/aromatic N) is 4. The Morgan fingerprint density at radius 3 is 1.87 bits per heavy atom. The number of aromatic nitrogens is 1. The van der Waals surface area contributed by atoms with Crippen LogP contribution in [0.15, 0.2) is 75.1 Å². The zero-order valence-electron chi connectivity index (χ0n) is 16.2. The molecule has 1 saturated heterocycles. The van der Waals surface area contributed by atoms with Crippen LogP contribution in [-0.4, -0.2) is 56.6 Å². The lowest BCUT2D eigenvalue weighted by Gasteiger charge is -2.32. The molecule has 0 spiro atoms. The van der Waals surface area contributed by atoms with Crippen molar-refractivity contribution >= 4 is 20.0 Å². The first-order valence-corrected chi connectivity index (χ1v) is 12.2. The molecular formula is C20H18N4O5S2.